The quantitative estimate of drug-likeness (QED) is 0.368. The van der Waals surface area contributed by atoms with Gasteiger partial charge in [-0.15, -0.1) is 0 Å². The molecule has 0 bridgehead atoms. The molecular weight excluding hydrogens is 409 g/mol. The molecule has 1 N–H and O–H groups in total. The summed E-state index contributed by atoms with van der Waals surface area (Å²) in [6.45, 7) is 3.77. The third kappa shape index (κ3) is 3.16. The van der Waals surface area contributed by atoms with Gasteiger partial charge in [-0.2, -0.15) is 0 Å². The van der Waals surface area contributed by atoms with Crippen molar-refractivity contribution in [3.8, 4) is 5.69 Å². The summed E-state index contributed by atoms with van der Waals surface area (Å²) in [5, 5.41) is 14.3. The molecule has 0 saturated heterocycles. The van der Waals surface area contributed by atoms with Gasteiger partial charge in [0.05, 0.1) is 34.3 Å². The molecule has 0 aliphatic carbocycles. The van der Waals surface area contributed by atoms with Crippen LogP contribution in [0.3, 0.4) is 0 Å². The maximum Gasteiger partial charge on any atom is 0.311 e. The van der Waals surface area contributed by atoms with Crippen LogP contribution in [0.25, 0.3) is 49.4 Å². The predicted molar refractivity (Wildman–Crippen MR) is 137 cm³/mol. The summed E-state index contributed by atoms with van der Waals surface area (Å²) < 4.78 is 14.6. The van der Waals surface area contributed by atoms with Crippen LogP contribution in [0.4, 0.5) is 0 Å². The summed E-state index contributed by atoms with van der Waals surface area (Å²) in [7, 11) is 0.406. The summed E-state index contributed by atoms with van der Waals surface area (Å²) in [6, 6.07) is 29.3. The molecular formula is C28H24BNO3. The Bertz CT molecular complexity index is 1640. The highest BCUT2D eigenvalue weighted by Gasteiger charge is 2.22. The molecule has 4 aromatic carbocycles. The van der Waals surface area contributed by atoms with Gasteiger partial charge in [-0.1, -0.05) is 60.7 Å². The van der Waals surface area contributed by atoms with Gasteiger partial charge in [0, 0.05) is 16.2 Å². The molecule has 33 heavy (non-hydrogen) atoms. The molecule has 0 fully saturated rings. The predicted octanol–water partition coefficient (Wildman–Crippen LogP) is 5.45. The Morgan fingerprint density at radius 2 is 1.52 bits per heavy atom. The van der Waals surface area contributed by atoms with Gasteiger partial charge in [-0.05, 0) is 43.6 Å². The number of rotatable bonds is 5. The van der Waals surface area contributed by atoms with Crippen LogP contribution in [0.2, 0.25) is 0 Å². The van der Waals surface area contributed by atoms with Crippen molar-refractivity contribution in [3.63, 3.8) is 0 Å². The van der Waals surface area contributed by atoms with Gasteiger partial charge in [0.2, 0.25) is 0 Å². The molecule has 0 aliphatic heterocycles. The number of aliphatic hydroxyl groups excluding tert-OH is 1. The van der Waals surface area contributed by atoms with E-state index in [0.717, 1.165) is 44.1 Å². The molecule has 0 saturated carbocycles. The lowest BCUT2D eigenvalue weighted by Crippen LogP contribution is -2.35. The smallest absolute Gasteiger partial charge is 0.311 e. The van der Waals surface area contributed by atoms with Crippen molar-refractivity contribution in [3.05, 3.63) is 84.9 Å². The number of benzene rings is 4. The van der Waals surface area contributed by atoms with Crippen molar-refractivity contribution >= 4 is 56.7 Å². The highest BCUT2D eigenvalue weighted by Crippen LogP contribution is 2.37. The van der Waals surface area contributed by atoms with Crippen LogP contribution in [-0.4, -0.2) is 29.4 Å². The first-order chi connectivity index (χ1) is 16.1. The van der Waals surface area contributed by atoms with Gasteiger partial charge in [0.1, 0.15) is 11.2 Å². The molecule has 162 valence electrons. The van der Waals surface area contributed by atoms with Crippen molar-refractivity contribution in [2.24, 2.45) is 0 Å². The zero-order chi connectivity index (χ0) is 22.6. The van der Waals surface area contributed by atoms with Crippen LogP contribution in [0.15, 0.2) is 89.3 Å². The Kier molecular flexibility index (Phi) is 4.57. The number of furan rings is 1. The maximum absolute atomic E-state index is 9.69. The second-order valence-electron chi connectivity index (χ2n) is 9.12. The average molecular weight is 433 g/mol. The SMILES string of the molecule is CC(C)(CO)OBc1cccc2c3ccccc3n(-c3cccc4oc5ccccc5c34)c12. The molecule has 2 heterocycles. The third-order valence-electron chi connectivity index (χ3n) is 6.40. The summed E-state index contributed by atoms with van der Waals surface area (Å²) in [6.07, 6.45) is 0. The van der Waals surface area contributed by atoms with Gasteiger partial charge in [0.15, 0.2) is 0 Å². The van der Waals surface area contributed by atoms with Crippen molar-refractivity contribution in [1.82, 2.24) is 4.57 Å². The number of fused-ring (bicyclic) bond motifs is 6. The molecule has 0 atom stereocenters. The van der Waals surface area contributed by atoms with Gasteiger partial charge in [-0.25, -0.2) is 0 Å². The first kappa shape index (κ1) is 20.1. The van der Waals surface area contributed by atoms with Crippen molar-refractivity contribution in [1.29, 1.82) is 0 Å². The largest absolute Gasteiger partial charge is 0.456 e. The number of hydrogen-bond donors (Lipinski definition) is 1. The van der Waals surface area contributed by atoms with Crippen LogP contribution in [-0.2, 0) is 4.65 Å². The standard InChI is InChI=1S/C28H24BNO3/c1-28(2,17-31)33-29-21-12-7-11-19-18-9-3-5-13-22(18)30(27(19)21)23-14-8-16-25-26(23)20-10-4-6-15-24(20)32-25/h3-16,29,31H,17H2,1-2H3. The number of para-hydroxylation sites is 3. The first-order valence-electron chi connectivity index (χ1n) is 11.2. The van der Waals surface area contributed by atoms with E-state index < -0.39 is 5.60 Å². The monoisotopic (exact) mass is 433 g/mol. The van der Waals surface area contributed by atoms with Crippen molar-refractivity contribution in [2.45, 2.75) is 19.4 Å². The zero-order valence-corrected chi connectivity index (χ0v) is 18.7. The van der Waals surface area contributed by atoms with E-state index in [0.29, 0.717) is 7.48 Å². The van der Waals surface area contributed by atoms with E-state index in [1.807, 2.05) is 32.0 Å². The maximum atomic E-state index is 9.69. The van der Waals surface area contributed by atoms with E-state index in [9.17, 15) is 5.11 Å². The van der Waals surface area contributed by atoms with E-state index in [1.54, 1.807) is 0 Å². The zero-order valence-electron chi connectivity index (χ0n) is 18.7. The topological polar surface area (TPSA) is 47.5 Å². The van der Waals surface area contributed by atoms with Crippen molar-refractivity contribution in [2.75, 3.05) is 6.61 Å². The van der Waals surface area contributed by atoms with E-state index in [4.69, 9.17) is 9.07 Å². The fraction of sp³-hybridized carbons (Fsp3) is 0.143. The second-order valence-corrected chi connectivity index (χ2v) is 9.12. The highest BCUT2D eigenvalue weighted by atomic mass is 16.5. The molecule has 5 heteroatoms. The molecule has 6 aromatic rings. The summed E-state index contributed by atoms with van der Waals surface area (Å²) in [4.78, 5) is 0. The fourth-order valence-corrected chi connectivity index (χ4v) is 4.72. The van der Waals surface area contributed by atoms with Gasteiger partial charge in [-0.3, -0.25) is 0 Å². The van der Waals surface area contributed by atoms with Gasteiger partial charge in [0.25, 0.3) is 0 Å². The molecule has 0 unspecified atom stereocenters. The summed E-state index contributed by atoms with van der Waals surface area (Å²) in [5.74, 6) is 0. The molecule has 4 nitrogen and oxygen atoms in total. The summed E-state index contributed by atoms with van der Waals surface area (Å²) >= 11 is 0. The molecule has 0 amide bonds. The second kappa shape index (κ2) is 7.51. The number of nitrogens with zero attached hydrogens (tertiary/aromatic N) is 1. The van der Waals surface area contributed by atoms with Crippen molar-refractivity contribution < 1.29 is 14.2 Å². The van der Waals surface area contributed by atoms with Crippen LogP contribution >= 0.6 is 0 Å². The van der Waals surface area contributed by atoms with E-state index in [-0.39, 0.29) is 6.61 Å². The minimum Gasteiger partial charge on any atom is -0.456 e. The normalized spacial score (nSPS) is 12.3. The van der Waals surface area contributed by atoms with Crippen LogP contribution < -0.4 is 5.46 Å². The molecule has 2 aromatic heterocycles. The van der Waals surface area contributed by atoms with Gasteiger partial charge < -0.3 is 18.7 Å². The lowest BCUT2D eigenvalue weighted by atomic mass is 9.84. The van der Waals surface area contributed by atoms with E-state index in [1.165, 1.54) is 10.8 Å². The Hall–Kier alpha value is -3.54. The van der Waals surface area contributed by atoms with E-state index >= 15 is 0 Å². The first-order valence-corrected chi connectivity index (χ1v) is 11.2. The average Bonchev–Trinajstić information content (AvgIpc) is 3.39. The minimum absolute atomic E-state index is 0.0354. The minimum atomic E-state index is -0.611. The van der Waals surface area contributed by atoms with Crippen LogP contribution in [0.5, 0.6) is 0 Å². The molecule has 0 radical (unpaired) electrons. The Morgan fingerprint density at radius 1 is 0.818 bits per heavy atom. The molecule has 0 spiro atoms. The highest BCUT2D eigenvalue weighted by molar-refractivity contribution is 6.52. The Labute approximate surface area is 192 Å². The Balaban J connectivity index is 1.71. The van der Waals surface area contributed by atoms with E-state index in [2.05, 4.69) is 71.3 Å². The Morgan fingerprint density at radius 3 is 2.36 bits per heavy atom. The molecule has 6 rings (SSSR count). The van der Waals surface area contributed by atoms with Gasteiger partial charge >= 0.3 is 7.48 Å². The van der Waals surface area contributed by atoms with Crippen LogP contribution in [0.1, 0.15) is 13.8 Å². The number of aromatic nitrogens is 1. The lowest BCUT2D eigenvalue weighted by Gasteiger charge is -2.23. The summed E-state index contributed by atoms with van der Waals surface area (Å²) in [5.41, 5.74) is 5.56. The number of aliphatic hydroxyl groups is 1. The third-order valence-corrected chi connectivity index (χ3v) is 6.40. The number of hydrogen-bond acceptors (Lipinski definition) is 3. The fourth-order valence-electron chi connectivity index (χ4n) is 4.72. The lowest BCUT2D eigenvalue weighted by molar-refractivity contribution is 0.0463. The molecule has 0 aliphatic rings. The van der Waals surface area contributed by atoms with Crippen LogP contribution in [0, 0.1) is 0 Å².